The molecule has 0 aliphatic heterocycles. The Bertz CT molecular complexity index is 361. The smallest absolute Gasteiger partial charge is 0.208 e. The van der Waals surface area contributed by atoms with Crippen molar-refractivity contribution >= 4 is 28.2 Å². The van der Waals surface area contributed by atoms with Gasteiger partial charge in [0.1, 0.15) is 0 Å². The van der Waals surface area contributed by atoms with E-state index in [4.69, 9.17) is 0 Å². The van der Waals surface area contributed by atoms with Gasteiger partial charge in [0.05, 0.1) is 0 Å². The lowest BCUT2D eigenvalue weighted by molar-refractivity contribution is 0.410. The summed E-state index contributed by atoms with van der Waals surface area (Å²) >= 11 is 3.51. The number of rotatable bonds is 6. The zero-order valence-corrected chi connectivity index (χ0v) is 13.0. The summed E-state index contributed by atoms with van der Waals surface area (Å²) < 4.78 is 1.08. The minimum Gasteiger partial charge on any atom is -0.353 e. The van der Waals surface area contributed by atoms with Crippen molar-refractivity contribution in [2.24, 2.45) is 5.92 Å². The van der Waals surface area contributed by atoms with Crippen LogP contribution in [0.1, 0.15) is 25.7 Å². The third-order valence-corrected chi connectivity index (χ3v) is 5.85. The highest BCUT2D eigenvalue weighted by Gasteiger charge is 2.24. The molecule has 2 rings (SSSR count). The van der Waals surface area contributed by atoms with Crippen LogP contribution in [0.5, 0.6) is 0 Å². The molecule has 1 N–H and O–H groups in total. The van der Waals surface area contributed by atoms with Crippen molar-refractivity contribution in [2.75, 3.05) is 31.8 Å². The lowest BCUT2D eigenvalue weighted by atomic mass is 10.0. The number of hydrogen-bond acceptors (Lipinski definition) is 6. The third kappa shape index (κ3) is 3.59. The predicted molar refractivity (Wildman–Crippen MR) is 79.8 cm³/mol. The number of aromatic nitrogens is 2. The summed E-state index contributed by atoms with van der Waals surface area (Å²) in [6, 6.07) is 0.615. The highest BCUT2D eigenvalue weighted by Crippen LogP contribution is 2.32. The van der Waals surface area contributed by atoms with E-state index in [1.54, 1.807) is 11.3 Å². The first-order valence-corrected chi connectivity index (χ1v) is 8.32. The summed E-state index contributed by atoms with van der Waals surface area (Å²) in [6.07, 6.45) is 5.56. The average Bonchev–Trinajstić information content (AvgIpc) is 3.00. The molecule has 1 unspecified atom stereocenters. The van der Waals surface area contributed by atoms with E-state index in [2.05, 4.69) is 22.6 Å². The fourth-order valence-electron chi connectivity index (χ4n) is 2.42. The van der Waals surface area contributed by atoms with Crippen molar-refractivity contribution in [3.63, 3.8) is 0 Å². The number of anilines is 1. The molecule has 1 aliphatic rings. The van der Waals surface area contributed by atoms with Gasteiger partial charge in [-0.1, -0.05) is 35.9 Å². The molecular formula is C12H22N4S2. The van der Waals surface area contributed by atoms with Gasteiger partial charge in [0.15, 0.2) is 4.34 Å². The second kappa shape index (κ2) is 6.73. The Balaban J connectivity index is 1.84. The van der Waals surface area contributed by atoms with Crippen LogP contribution < -0.4 is 10.2 Å². The topological polar surface area (TPSA) is 41.1 Å². The van der Waals surface area contributed by atoms with E-state index >= 15 is 0 Å². The maximum Gasteiger partial charge on any atom is 0.208 e. The van der Waals surface area contributed by atoms with Crippen LogP contribution in [0.25, 0.3) is 0 Å². The Morgan fingerprint density at radius 2 is 2.11 bits per heavy atom. The van der Waals surface area contributed by atoms with E-state index in [0.717, 1.165) is 21.1 Å². The Morgan fingerprint density at radius 3 is 2.67 bits per heavy atom. The SMILES string of the molecule is CNC(CSc1nnc(N(C)C)s1)C1CCCC1. The van der Waals surface area contributed by atoms with Crippen LogP contribution in [0.4, 0.5) is 5.13 Å². The van der Waals surface area contributed by atoms with Gasteiger partial charge in [0, 0.05) is 25.9 Å². The van der Waals surface area contributed by atoms with E-state index < -0.39 is 0 Å². The zero-order valence-electron chi connectivity index (χ0n) is 11.3. The largest absolute Gasteiger partial charge is 0.353 e. The second-order valence-electron chi connectivity index (χ2n) is 5.00. The van der Waals surface area contributed by atoms with Crippen molar-refractivity contribution < 1.29 is 0 Å². The normalized spacial score (nSPS) is 18.2. The van der Waals surface area contributed by atoms with Crippen LogP contribution in [0.2, 0.25) is 0 Å². The van der Waals surface area contributed by atoms with Crippen molar-refractivity contribution in [1.82, 2.24) is 15.5 Å². The molecule has 102 valence electrons. The van der Waals surface area contributed by atoms with Gasteiger partial charge in [-0.15, -0.1) is 10.2 Å². The van der Waals surface area contributed by atoms with Gasteiger partial charge in [-0.3, -0.25) is 0 Å². The first kappa shape index (κ1) is 14.1. The van der Waals surface area contributed by atoms with Crippen molar-refractivity contribution in [1.29, 1.82) is 0 Å². The Kier molecular flexibility index (Phi) is 5.26. The van der Waals surface area contributed by atoms with Crippen LogP contribution >= 0.6 is 23.1 Å². The van der Waals surface area contributed by atoms with Gasteiger partial charge in [0.2, 0.25) is 5.13 Å². The molecule has 1 heterocycles. The number of hydrogen-bond donors (Lipinski definition) is 1. The first-order chi connectivity index (χ1) is 8.70. The molecule has 0 radical (unpaired) electrons. The summed E-state index contributed by atoms with van der Waals surface area (Å²) in [5, 5.41) is 12.9. The minimum atomic E-state index is 0.615. The molecule has 0 spiro atoms. The minimum absolute atomic E-state index is 0.615. The first-order valence-electron chi connectivity index (χ1n) is 6.51. The van der Waals surface area contributed by atoms with Crippen molar-refractivity contribution in [2.45, 2.75) is 36.1 Å². The van der Waals surface area contributed by atoms with Gasteiger partial charge >= 0.3 is 0 Å². The summed E-state index contributed by atoms with van der Waals surface area (Å²) in [5.74, 6) is 1.95. The maximum absolute atomic E-state index is 4.23. The summed E-state index contributed by atoms with van der Waals surface area (Å²) in [4.78, 5) is 2.01. The molecule has 6 heteroatoms. The molecule has 1 aliphatic carbocycles. The van der Waals surface area contributed by atoms with Gasteiger partial charge in [0.25, 0.3) is 0 Å². The fourth-order valence-corrected chi connectivity index (χ4v) is 4.44. The number of nitrogens with zero attached hydrogens (tertiary/aromatic N) is 3. The molecule has 0 aromatic carbocycles. The van der Waals surface area contributed by atoms with E-state index in [1.165, 1.54) is 25.7 Å². The van der Waals surface area contributed by atoms with E-state index in [9.17, 15) is 0 Å². The van der Waals surface area contributed by atoms with Crippen LogP contribution in [-0.2, 0) is 0 Å². The predicted octanol–water partition coefficient (Wildman–Crippen LogP) is 2.47. The summed E-state index contributed by atoms with van der Waals surface area (Å²) in [5.41, 5.74) is 0. The number of nitrogens with one attached hydrogen (secondary N) is 1. The molecule has 1 aromatic rings. The van der Waals surface area contributed by atoms with Gasteiger partial charge in [-0.2, -0.15) is 0 Å². The standard InChI is InChI=1S/C12H22N4S2/c1-13-10(9-6-4-5-7-9)8-17-12-15-14-11(18-12)16(2)3/h9-10,13H,4-8H2,1-3H3. The van der Waals surface area contributed by atoms with E-state index in [-0.39, 0.29) is 0 Å². The third-order valence-electron chi connectivity index (χ3n) is 3.50. The highest BCUT2D eigenvalue weighted by atomic mass is 32.2. The van der Waals surface area contributed by atoms with Crippen LogP contribution in [0.15, 0.2) is 4.34 Å². The summed E-state index contributed by atoms with van der Waals surface area (Å²) in [7, 11) is 6.09. The van der Waals surface area contributed by atoms with E-state index in [0.29, 0.717) is 6.04 Å². The van der Waals surface area contributed by atoms with Crippen molar-refractivity contribution in [3.05, 3.63) is 0 Å². The molecule has 0 saturated heterocycles. The molecular weight excluding hydrogens is 264 g/mol. The Morgan fingerprint density at radius 1 is 1.39 bits per heavy atom. The molecule has 1 aromatic heterocycles. The lowest BCUT2D eigenvalue weighted by Crippen LogP contribution is -2.34. The quantitative estimate of drug-likeness (QED) is 0.814. The van der Waals surface area contributed by atoms with Gasteiger partial charge < -0.3 is 10.2 Å². The fraction of sp³-hybridized carbons (Fsp3) is 0.833. The molecule has 18 heavy (non-hydrogen) atoms. The zero-order chi connectivity index (χ0) is 13.0. The van der Waals surface area contributed by atoms with Crippen LogP contribution in [0.3, 0.4) is 0 Å². The molecule has 0 bridgehead atoms. The Labute approximate surface area is 118 Å². The van der Waals surface area contributed by atoms with E-state index in [1.807, 2.05) is 30.8 Å². The Hall–Kier alpha value is -0.330. The molecule has 1 fully saturated rings. The molecule has 0 amide bonds. The lowest BCUT2D eigenvalue weighted by Gasteiger charge is -2.21. The van der Waals surface area contributed by atoms with Crippen LogP contribution in [-0.4, -0.2) is 43.1 Å². The van der Waals surface area contributed by atoms with Gasteiger partial charge in [-0.05, 0) is 25.8 Å². The molecule has 1 atom stereocenters. The van der Waals surface area contributed by atoms with Crippen molar-refractivity contribution in [3.8, 4) is 0 Å². The monoisotopic (exact) mass is 286 g/mol. The average molecular weight is 286 g/mol. The number of thioether (sulfide) groups is 1. The maximum atomic E-state index is 4.23. The second-order valence-corrected chi connectivity index (χ2v) is 7.22. The molecule has 1 saturated carbocycles. The molecule has 4 nitrogen and oxygen atoms in total. The van der Waals surface area contributed by atoms with Gasteiger partial charge in [-0.25, -0.2) is 0 Å². The highest BCUT2D eigenvalue weighted by molar-refractivity contribution is 8.01. The summed E-state index contributed by atoms with van der Waals surface area (Å²) in [6.45, 7) is 0. The van der Waals surface area contributed by atoms with Crippen LogP contribution in [0, 0.1) is 5.92 Å².